The van der Waals surface area contributed by atoms with E-state index < -0.39 is 0 Å². The van der Waals surface area contributed by atoms with Gasteiger partial charge in [0, 0.05) is 19.3 Å². The summed E-state index contributed by atoms with van der Waals surface area (Å²) in [7, 11) is 1.47. The van der Waals surface area contributed by atoms with Crippen molar-refractivity contribution in [3.63, 3.8) is 0 Å². The second-order valence-corrected chi connectivity index (χ2v) is 12.0. The largest absolute Gasteiger partial charge is 0.469 e. The molecule has 4 aliphatic carbocycles. The molecule has 4 saturated carbocycles. The van der Waals surface area contributed by atoms with E-state index in [1.807, 2.05) is 0 Å². The summed E-state index contributed by atoms with van der Waals surface area (Å²) in [6, 6.07) is 0. The highest BCUT2D eigenvalue weighted by Gasteiger charge is 2.64. The predicted molar refractivity (Wildman–Crippen MR) is 121 cm³/mol. The second kappa shape index (κ2) is 8.47. The molecular formula is C27H44O4. The number of carbonyl (C=O) groups excluding carboxylic acids is 2. The number of ether oxygens (including phenoxy) is 1. The second-order valence-electron chi connectivity index (χ2n) is 12.0. The maximum atomic E-state index is 12.4. The van der Waals surface area contributed by atoms with Crippen molar-refractivity contribution < 1.29 is 19.4 Å². The van der Waals surface area contributed by atoms with Gasteiger partial charge in [-0.25, -0.2) is 0 Å². The number of rotatable bonds is 5. The number of hydrogen-bond acceptors (Lipinski definition) is 4. The van der Waals surface area contributed by atoms with Crippen LogP contribution in [-0.4, -0.2) is 30.1 Å². The Bertz CT molecular complexity index is 703. The molecule has 0 aromatic heterocycles. The van der Waals surface area contributed by atoms with Crippen molar-refractivity contribution in [2.24, 2.45) is 52.3 Å². The molecule has 0 saturated heterocycles. The van der Waals surface area contributed by atoms with E-state index in [1.165, 1.54) is 32.8 Å². The first kappa shape index (κ1) is 23.3. The average molecular weight is 433 g/mol. The Hall–Kier alpha value is -0.900. The first-order chi connectivity index (χ1) is 14.7. The molecule has 4 heteroatoms. The monoisotopic (exact) mass is 432 g/mol. The third-order valence-corrected chi connectivity index (χ3v) is 11.0. The molecule has 4 unspecified atom stereocenters. The van der Waals surface area contributed by atoms with Gasteiger partial charge in [0.15, 0.2) is 0 Å². The van der Waals surface area contributed by atoms with Crippen LogP contribution in [0.2, 0.25) is 0 Å². The lowest BCUT2D eigenvalue weighted by Crippen LogP contribution is -2.61. The van der Waals surface area contributed by atoms with Gasteiger partial charge in [-0.2, -0.15) is 0 Å². The number of hydrogen-bond donors (Lipinski definition) is 1. The number of Topliss-reactive ketones (excluding diaryl/α,β-unsaturated/α-hetero) is 1. The molecular weight excluding hydrogens is 388 g/mol. The van der Waals surface area contributed by atoms with Crippen molar-refractivity contribution in [3.05, 3.63) is 0 Å². The lowest BCUT2D eigenvalue weighted by atomic mass is 9.41. The quantitative estimate of drug-likeness (QED) is 0.590. The number of esters is 1. The molecule has 0 aromatic rings. The van der Waals surface area contributed by atoms with E-state index in [1.54, 1.807) is 0 Å². The zero-order valence-corrected chi connectivity index (χ0v) is 20.4. The van der Waals surface area contributed by atoms with Crippen LogP contribution in [0.1, 0.15) is 91.9 Å². The maximum absolute atomic E-state index is 12.4. The minimum Gasteiger partial charge on any atom is -0.469 e. The van der Waals surface area contributed by atoms with Gasteiger partial charge in [0.25, 0.3) is 0 Å². The number of fused-ring (bicyclic) bond motifs is 5. The molecule has 4 rings (SSSR count). The Kier molecular flexibility index (Phi) is 6.35. The Morgan fingerprint density at radius 1 is 1.13 bits per heavy atom. The van der Waals surface area contributed by atoms with Crippen molar-refractivity contribution in [3.8, 4) is 0 Å². The zero-order chi connectivity index (χ0) is 22.6. The number of aliphatic hydroxyl groups is 1. The van der Waals surface area contributed by atoms with Crippen LogP contribution in [0.4, 0.5) is 0 Å². The molecule has 0 aromatic carbocycles. The Balaban J connectivity index is 1.59. The van der Waals surface area contributed by atoms with Gasteiger partial charge in [-0.3, -0.25) is 9.59 Å². The zero-order valence-electron chi connectivity index (χ0n) is 20.4. The highest BCUT2D eigenvalue weighted by Crippen LogP contribution is 2.69. The molecule has 10 atom stereocenters. The van der Waals surface area contributed by atoms with Gasteiger partial charge in [0.05, 0.1) is 13.2 Å². The lowest BCUT2D eigenvalue weighted by Gasteiger charge is -2.64. The molecule has 1 N–H and O–H groups in total. The third kappa shape index (κ3) is 3.60. The summed E-state index contributed by atoms with van der Waals surface area (Å²) in [6.45, 7) is 9.49. The van der Waals surface area contributed by atoms with Crippen molar-refractivity contribution in [1.82, 2.24) is 0 Å². The summed E-state index contributed by atoms with van der Waals surface area (Å²) < 4.78 is 4.88. The van der Waals surface area contributed by atoms with Gasteiger partial charge < -0.3 is 9.84 Å². The summed E-state index contributed by atoms with van der Waals surface area (Å²) in [4.78, 5) is 24.1. The van der Waals surface area contributed by atoms with Crippen LogP contribution >= 0.6 is 0 Å². The third-order valence-electron chi connectivity index (χ3n) is 11.0. The van der Waals surface area contributed by atoms with Crippen LogP contribution in [0, 0.1) is 52.3 Å². The number of ketones is 1. The molecule has 0 amide bonds. The van der Waals surface area contributed by atoms with Gasteiger partial charge in [-0.1, -0.05) is 34.1 Å². The van der Waals surface area contributed by atoms with Crippen LogP contribution < -0.4 is 0 Å². The minimum absolute atomic E-state index is 0.102. The van der Waals surface area contributed by atoms with Crippen molar-refractivity contribution in [2.75, 3.05) is 7.11 Å². The van der Waals surface area contributed by atoms with E-state index in [2.05, 4.69) is 27.7 Å². The van der Waals surface area contributed by atoms with E-state index in [-0.39, 0.29) is 28.8 Å². The summed E-state index contributed by atoms with van der Waals surface area (Å²) >= 11 is 0. The Morgan fingerprint density at radius 2 is 1.84 bits per heavy atom. The summed E-state index contributed by atoms with van der Waals surface area (Å²) in [5.74, 6) is 3.53. The number of carbonyl (C=O) groups is 2. The Morgan fingerprint density at radius 3 is 2.52 bits per heavy atom. The fourth-order valence-electron chi connectivity index (χ4n) is 9.39. The van der Waals surface area contributed by atoms with Crippen LogP contribution in [-0.2, 0) is 14.3 Å². The fourth-order valence-corrected chi connectivity index (χ4v) is 9.39. The van der Waals surface area contributed by atoms with Gasteiger partial charge in [0.1, 0.15) is 5.78 Å². The molecule has 4 aliphatic rings. The molecule has 4 nitrogen and oxygen atoms in total. The summed E-state index contributed by atoms with van der Waals surface area (Å²) in [5.41, 5.74) is 0.456. The van der Waals surface area contributed by atoms with Crippen LogP contribution in [0.25, 0.3) is 0 Å². The average Bonchev–Trinajstić information content (AvgIpc) is 3.10. The van der Waals surface area contributed by atoms with Crippen LogP contribution in [0.15, 0.2) is 0 Å². The summed E-state index contributed by atoms with van der Waals surface area (Å²) in [5, 5.41) is 11.7. The SMILES string of the molecule is CC[C@@H]1C2CC(=O)CC[C@]2(C)C2CC[C@@]3(C)C(CC[C@@H]3[C@H](C)CCC(=O)OC)C2[C@@H]1O. The topological polar surface area (TPSA) is 63.6 Å². The standard InChI is InChI=1S/C27H44O4/c1-6-18-22-15-17(28)11-13-27(22,4)21-12-14-26(3)19(16(2)7-10-23(29)31-5)8-9-20(26)24(21)25(18)30/h16,18-22,24-25,30H,6-15H2,1-5H3/t16-,18-,19-,20?,21?,22?,24?,25-,26-,27-/m1/s1. The lowest BCUT2D eigenvalue weighted by molar-refractivity contribution is -0.194. The fraction of sp³-hybridized carbons (Fsp3) is 0.926. The maximum Gasteiger partial charge on any atom is 0.305 e. The van der Waals surface area contributed by atoms with E-state index in [0.29, 0.717) is 54.1 Å². The predicted octanol–water partition coefficient (Wildman–Crippen LogP) is 5.41. The van der Waals surface area contributed by atoms with Gasteiger partial charge in [-0.15, -0.1) is 0 Å². The Labute approximate surface area is 188 Å². The first-order valence-corrected chi connectivity index (χ1v) is 12.9. The van der Waals surface area contributed by atoms with E-state index >= 15 is 0 Å². The smallest absolute Gasteiger partial charge is 0.305 e. The summed E-state index contributed by atoms with van der Waals surface area (Å²) in [6.07, 6.45) is 9.38. The highest BCUT2D eigenvalue weighted by atomic mass is 16.5. The van der Waals surface area contributed by atoms with Crippen molar-refractivity contribution in [2.45, 2.75) is 98.0 Å². The molecule has 0 aliphatic heterocycles. The molecule has 4 fully saturated rings. The van der Waals surface area contributed by atoms with Gasteiger partial charge in [-0.05, 0) is 90.8 Å². The van der Waals surface area contributed by atoms with Gasteiger partial charge >= 0.3 is 5.97 Å². The number of aliphatic hydroxyl groups excluding tert-OH is 1. The normalized spacial score (nSPS) is 47.8. The molecule has 31 heavy (non-hydrogen) atoms. The van der Waals surface area contributed by atoms with E-state index in [4.69, 9.17) is 4.74 Å². The van der Waals surface area contributed by atoms with E-state index in [0.717, 1.165) is 25.7 Å². The number of methoxy groups -OCH3 is 1. The molecule has 0 radical (unpaired) electrons. The molecule has 176 valence electrons. The van der Waals surface area contributed by atoms with Gasteiger partial charge in [0.2, 0.25) is 0 Å². The minimum atomic E-state index is -0.271. The van der Waals surface area contributed by atoms with Crippen molar-refractivity contribution >= 4 is 11.8 Å². The molecule has 0 heterocycles. The first-order valence-electron chi connectivity index (χ1n) is 12.9. The van der Waals surface area contributed by atoms with Crippen LogP contribution in [0.5, 0.6) is 0 Å². The van der Waals surface area contributed by atoms with E-state index in [9.17, 15) is 14.7 Å². The van der Waals surface area contributed by atoms with Crippen LogP contribution in [0.3, 0.4) is 0 Å². The molecule has 0 bridgehead atoms. The van der Waals surface area contributed by atoms with Crippen molar-refractivity contribution in [1.29, 1.82) is 0 Å². The highest BCUT2D eigenvalue weighted by molar-refractivity contribution is 5.79. The molecule has 0 spiro atoms.